The summed E-state index contributed by atoms with van der Waals surface area (Å²) in [5.41, 5.74) is 1.45. The zero-order chi connectivity index (χ0) is 14.4. The van der Waals surface area contributed by atoms with Crippen molar-refractivity contribution in [1.29, 1.82) is 0 Å². The molecule has 20 heavy (non-hydrogen) atoms. The van der Waals surface area contributed by atoms with Crippen molar-refractivity contribution in [3.05, 3.63) is 77.5 Å². The number of nitrogens with one attached hydrogen (secondary N) is 1. The Morgan fingerprint density at radius 2 is 1.45 bits per heavy atom. The van der Waals surface area contributed by atoms with Crippen LogP contribution in [0.15, 0.2) is 66.4 Å². The summed E-state index contributed by atoms with van der Waals surface area (Å²) in [5.74, 6) is -0.338. The number of benzene rings is 2. The van der Waals surface area contributed by atoms with E-state index >= 15 is 0 Å². The lowest BCUT2D eigenvalue weighted by molar-refractivity contribution is -0.107. The fraction of sp³-hybridized carbons (Fsp3) is 0. The van der Waals surface area contributed by atoms with E-state index in [9.17, 15) is 9.59 Å². The summed E-state index contributed by atoms with van der Waals surface area (Å²) in [7, 11) is 0. The van der Waals surface area contributed by atoms with Crippen LogP contribution in [0.4, 0.5) is 0 Å². The van der Waals surface area contributed by atoms with Crippen molar-refractivity contribution < 1.29 is 9.59 Å². The fourth-order valence-corrected chi connectivity index (χ4v) is 1.77. The van der Waals surface area contributed by atoms with Crippen molar-refractivity contribution in [3.63, 3.8) is 0 Å². The summed E-state index contributed by atoms with van der Waals surface area (Å²) < 4.78 is 0. The molecule has 0 aliphatic heterocycles. The number of rotatable bonds is 4. The van der Waals surface area contributed by atoms with Gasteiger partial charge < -0.3 is 5.32 Å². The molecule has 0 radical (unpaired) electrons. The third-order valence-corrected chi connectivity index (χ3v) is 2.87. The molecule has 2 aromatic rings. The van der Waals surface area contributed by atoms with E-state index in [2.05, 4.69) is 17.9 Å². The van der Waals surface area contributed by atoms with E-state index in [0.717, 1.165) is 5.56 Å². The van der Waals surface area contributed by atoms with Crippen LogP contribution in [0.3, 0.4) is 0 Å². The first-order valence-corrected chi connectivity index (χ1v) is 6.48. The van der Waals surface area contributed by atoms with Gasteiger partial charge in [0.25, 0.3) is 5.91 Å². The maximum atomic E-state index is 12.0. The van der Waals surface area contributed by atoms with Crippen LogP contribution in [0.1, 0.15) is 15.9 Å². The summed E-state index contributed by atoms with van der Waals surface area (Å²) >= 11 is 3.79. The first-order valence-electron chi connectivity index (χ1n) is 6.03. The molecule has 0 atom stereocenters. The fourth-order valence-electron chi connectivity index (χ4n) is 1.65. The second-order valence-electron chi connectivity index (χ2n) is 4.09. The molecule has 100 valence electrons. The van der Waals surface area contributed by atoms with Crippen molar-refractivity contribution in [2.24, 2.45) is 0 Å². The van der Waals surface area contributed by atoms with Crippen LogP contribution in [-0.2, 0) is 4.79 Å². The molecule has 0 spiro atoms. The Bertz CT molecular complexity index is 636. The van der Waals surface area contributed by atoms with Crippen LogP contribution in [0.25, 0.3) is 6.08 Å². The molecule has 2 rings (SSSR count). The smallest absolute Gasteiger partial charge is 0.255 e. The van der Waals surface area contributed by atoms with Gasteiger partial charge in [0.05, 0.1) is 5.70 Å². The van der Waals surface area contributed by atoms with Crippen molar-refractivity contribution in [2.75, 3.05) is 0 Å². The number of thiol groups is 1. The predicted octanol–water partition coefficient (Wildman–Crippen LogP) is 2.91. The Balaban J connectivity index is 2.21. The Labute approximate surface area is 122 Å². The zero-order valence-electron chi connectivity index (χ0n) is 10.6. The standard InChI is InChI=1S/C16H13NO2S/c18-15(13-9-5-2-6-10-13)17-14(16(19)20)11-12-7-3-1-4-8-12/h1-11H,(H,17,18)(H,19,20). The van der Waals surface area contributed by atoms with E-state index in [1.807, 2.05) is 36.4 Å². The SMILES string of the molecule is O=C(S)C(=Cc1ccccc1)NC(=O)c1ccccc1. The second-order valence-corrected chi connectivity index (χ2v) is 4.50. The number of carbonyl (C=O) groups is 2. The monoisotopic (exact) mass is 283 g/mol. The highest BCUT2D eigenvalue weighted by atomic mass is 32.1. The molecule has 0 aliphatic rings. The van der Waals surface area contributed by atoms with Gasteiger partial charge in [0.1, 0.15) is 0 Å². The largest absolute Gasteiger partial charge is 0.318 e. The Morgan fingerprint density at radius 3 is 2.00 bits per heavy atom. The van der Waals surface area contributed by atoms with Gasteiger partial charge in [0.2, 0.25) is 5.12 Å². The molecular formula is C16H13NO2S. The van der Waals surface area contributed by atoms with Crippen LogP contribution in [-0.4, -0.2) is 11.0 Å². The molecule has 3 nitrogen and oxygen atoms in total. The van der Waals surface area contributed by atoms with E-state index in [-0.39, 0.29) is 11.6 Å². The van der Waals surface area contributed by atoms with Crippen LogP contribution in [0, 0.1) is 0 Å². The Kier molecular flexibility index (Phi) is 4.74. The topological polar surface area (TPSA) is 46.2 Å². The molecule has 4 heteroatoms. The molecule has 0 saturated heterocycles. The van der Waals surface area contributed by atoms with Gasteiger partial charge >= 0.3 is 0 Å². The van der Waals surface area contributed by atoms with Gasteiger partial charge in [0, 0.05) is 5.56 Å². The van der Waals surface area contributed by atoms with Gasteiger partial charge in [-0.1, -0.05) is 61.2 Å². The average Bonchev–Trinajstić information content (AvgIpc) is 2.48. The minimum atomic E-state index is -0.488. The number of hydrogen-bond acceptors (Lipinski definition) is 2. The molecular weight excluding hydrogens is 270 g/mol. The van der Waals surface area contributed by atoms with E-state index in [1.54, 1.807) is 30.3 Å². The van der Waals surface area contributed by atoms with Gasteiger partial charge in [-0.15, -0.1) is 0 Å². The number of hydrogen-bond donors (Lipinski definition) is 2. The van der Waals surface area contributed by atoms with E-state index in [0.29, 0.717) is 5.56 Å². The predicted molar refractivity (Wildman–Crippen MR) is 82.3 cm³/mol. The Hall–Kier alpha value is -2.33. The summed E-state index contributed by atoms with van der Waals surface area (Å²) in [4.78, 5) is 23.5. The van der Waals surface area contributed by atoms with Crippen LogP contribution < -0.4 is 5.32 Å². The maximum Gasteiger partial charge on any atom is 0.255 e. The molecule has 1 amide bonds. The molecule has 0 unspecified atom stereocenters. The lowest BCUT2D eigenvalue weighted by Crippen LogP contribution is -2.25. The lowest BCUT2D eigenvalue weighted by Gasteiger charge is -2.06. The van der Waals surface area contributed by atoms with Crippen molar-refractivity contribution in [3.8, 4) is 0 Å². The molecule has 0 heterocycles. The first kappa shape index (κ1) is 14.1. The maximum absolute atomic E-state index is 12.0. The normalized spacial score (nSPS) is 10.9. The first-order chi connectivity index (χ1) is 9.66. The molecule has 0 fully saturated rings. The third kappa shape index (κ3) is 3.83. The van der Waals surface area contributed by atoms with Crippen molar-refractivity contribution >= 4 is 29.7 Å². The van der Waals surface area contributed by atoms with Crippen molar-refractivity contribution in [2.45, 2.75) is 0 Å². The molecule has 0 aliphatic carbocycles. The summed E-state index contributed by atoms with van der Waals surface area (Å²) in [6.07, 6.45) is 1.59. The molecule has 2 aromatic carbocycles. The van der Waals surface area contributed by atoms with Gasteiger partial charge in [-0.05, 0) is 23.8 Å². The average molecular weight is 283 g/mol. The quantitative estimate of drug-likeness (QED) is 0.669. The van der Waals surface area contributed by atoms with Gasteiger partial charge in [-0.25, -0.2) is 0 Å². The van der Waals surface area contributed by atoms with E-state index in [4.69, 9.17) is 0 Å². The molecule has 0 bridgehead atoms. The van der Waals surface area contributed by atoms with Crippen LogP contribution in [0.2, 0.25) is 0 Å². The highest BCUT2D eigenvalue weighted by molar-refractivity contribution is 7.97. The van der Waals surface area contributed by atoms with E-state index in [1.165, 1.54) is 0 Å². The van der Waals surface area contributed by atoms with Gasteiger partial charge in [-0.2, -0.15) is 0 Å². The molecule has 0 saturated carbocycles. The van der Waals surface area contributed by atoms with E-state index < -0.39 is 5.12 Å². The van der Waals surface area contributed by atoms with Crippen molar-refractivity contribution in [1.82, 2.24) is 5.32 Å². The molecule has 0 aromatic heterocycles. The number of carbonyl (C=O) groups excluding carboxylic acids is 2. The van der Waals surface area contributed by atoms with Crippen LogP contribution in [0.5, 0.6) is 0 Å². The van der Waals surface area contributed by atoms with Crippen LogP contribution >= 0.6 is 12.6 Å². The summed E-state index contributed by atoms with van der Waals surface area (Å²) in [6, 6.07) is 18.0. The second kappa shape index (κ2) is 6.73. The zero-order valence-corrected chi connectivity index (χ0v) is 11.5. The summed E-state index contributed by atoms with van der Waals surface area (Å²) in [6.45, 7) is 0. The number of amides is 1. The van der Waals surface area contributed by atoms with Gasteiger partial charge in [-0.3, -0.25) is 9.59 Å². The minimum absolute atomic E-state index is 0.147. The summed E-state index contributed by atoms with van der Waals surface area (Å²) in [5, 5.41) is 2.09. The highest BCUT2D eigenvalue weighted by Crippen LogP contribution is 2.08. The minimum Gasteiger partial charge on any atom is -0.318 e. The highest BCUT2D eigenvalue weighted by Gasteiger charge is 2.11. The lowest BCUT2D eigenvalue weighted by atomic mass is 10.2. The Morgan fingerprint density at radius 1 is 0.900 bits per heavy atom. The third-order valence-electron chi connectivity index (χ3n) is 2.63. The molecule has 1 N–H and O–H groups in total. The van der Waals surface area contributed by atoms with Gasteiger partial charge in [0.15, 0.2) is 0 Å².